The molecular formula is H4F3PSb+. The van der Waals surface area contributed by atoms with Crippen LogP contribution in [-0.2, 0) is 0 Å². The second-order valence-corrected chi connectivity index (χ2v) is 1.29. The minimum Gasteiger partial charge on any atom is -0.0395 e. The van der Waals surface area contributed by atoms with Gasteiger partial charge in [-0.1, -0.05) is 0 Å². The van der Waals surface area contributed by atoms with Crippen molar-refractivity contribution in [1.29, 1.82) is 0 Å². The first-order valence-corrected chi connectivity index (χ1v) is 3.40. The van der Waals surface area contributed by atoms with Crippen molar-refractivity contribution < 1.29 is 8.44 Å². The number of hydrogen-bond acceptors (Lipinski definition) is 0. The van der Waals surface area contributed by atoms with Crippen LogP contribution in [0.25, 0.3) is 0 Å². The van der Waals surface area contributed by atoms with Crippen LogP contribution in [0.2, 0.25) is 0 Å². The summed E-state index contributed by atoms with van der Waals surface area (Å²) in [6, 6.07) is 0. The molecule has 1 unspecified atom stereocenters. The topological polar surface area (TPSA) is 0 Å². The largest absolute Gasteiger partial charge is 0.0395 e. The van der Waals surface area contributed by atoms with Crippen LogP contribution in [0.3, 0.4) is 0 Å². The predicted octanol–water partition coefficient (Wildman–Crippen LogP) is 0.670. The molecule has 0 radical (unpaired) electrons. The summed E-state index contributed by atoms with van der Waals surface area (Å²) in [5.74, 6) is 0. The zero-order valence-electron chi connectivity index (χ0n) is 2.58. The first kappa shape index (κ1) is 9.40. The summed E-state index contributed by atoms with van der Waals surface area (Å²) in [5, 5.41) is 0. The molecule has 0 bridgehead atoms. The number of hydrogen-bond donors (Lipinski definition) is 0. The van der Waals surface area contributed by atoms with E-state index in [4.69, 9.17) is 0 Å². The van der Waals surface area contributed by atoms with E-state index in [0.29, 0.717) is 0 Å². The zero-order valence-corrected chi connectivity index (χ0v) is 7.13. The van der Waals surface area contributed by atoms with Gasteiger partial charge in [-0.15, -0.1) is 0 Å². The molecule has 0 heterocycles. The second kappa shape index (κ2) is 5.04. The third-order valence-electron chi connectivity index (χ3n) is 0. The molecule has 0 aromatic heterocycles. The van der Waals surface area contributed by atoms with Gasteiger partial charge in [-0.2, -0.15) is 0 Å². The molecule has 1 atom stereocenters. The minimum absolute atomic E-state index is 0. The monoisotopic (exact) mass is 213 g/mol. The fourth-order valence-electron chi connectivity index (χ4n) is 0. The smallest absolute Gasteiger partial charge is 0.0395 e. The van der Waals surface area contributed by atoms with Crippen molar-refractivity contribution in [2.45, 2.75) is 0 Å². The SMILES string of the molecule is [F][Sb]([F])[F].[PH4+]. The second-order valence-electron chi connectivity index (χ2n) is 0.192. The number of halogens is 3. The molecule has 0 rings (SSSR count). The molecule has 5 heavy (non-hydrogen) atoms. The van der Waals surface area contributed by atoms with Crippen LogP contribution in [0.1, 0.15) is 0 Å². The molecule has 0 N–H and O–H groups in total. The van der Waals surface area contributed by atoms with Crippen LogP contribution >= 0.6 is 9.90 Å². The molecule has 0 spiro atoms. The third kappa shape index (κ3) is 43.1. The predicted molar refractivity (Wildman–Crippen MR) is 21.6 cm³/mol. The van der Waals surface area contributed by atoms with Gasteiger partial charge in [0.15, 0.2) is 0 Å². The first-order valence-electron chi connectivity index (χ1n) is 0.507. The maximum Gasteiger partial charge on any atom is -0.0395 e. The average Bonchev–Trinajstić information content (AvgIpc) is 0.811. The maximum atomic E-state index is 9.85. The summed E-state index contributed by atoms with van der Waals surface area (Å²) in [6.45, 7) is 0. The Balaban J connectivity index is 0. The van der Waals surface area contributed by atoms with E-state index in [0.717, 1.165) is 0 Å². The van der Waals surface area contributed by atoms with Gasteiger partial charge < -0.3 is 0 Å². The Morgan fingerprint density at radius 3 is 1.00 bits per heavy atom. The van der Waals surface area contributed by atoms with Gasteiger partial charge in [0.05, 0.1) is 0 Å². The molecular weight excluding hydrogens is 210 g/mol. The Kier molecular flexibility index (Phi) is 9.47. The van der Waals surface area contributed by atoms with Crippen LogP contribution in [-0.4, -0.2) is 22.0 Å². The summed E-state index contributed by atoms with van der Waals surface area (Å²) in [7, 11) is 0. The molecule has 0 aromatic rings. The Hall–Kier alpha value is 1.04. The van der Waals surface area contributed by atoms with Crippen molar-refractivity contribution in [3.8, 4) is 0 Å². The van der Waals surface area contributed by atoms with E-state index in [1.165, 1.54) is 0 Å². The Morgan fingerprint density at radius 2 is 1.00 bits per heavy atom. The van der Waals surface area contributed by atoms with E-state index in [2.05, 4.69) is 0 Å². The van der Waals surface area contributed by atoms with Crippen LogP contribution < -0.4 is 0 Å². The molecule has 0 aromatic carbocycles. The van der Waals surface area contributed by atoms with Gasteiger partial charge in [-0.05, 0) is 9.90 Å². The third-order valence-corrected chi connectivity index (χ3v) is 0. The summed E-state index contributed by atoms with van der Waals surface area (Å²) in [5.41, 5.74) is 0. The van der Waals surface area contributed by atoms with Crippen molar-refractivity contribution in [2.75, 3.05) is 0 Å². The molecule has 0 amide bonds. The van der Waals surface area contributed by atoms with Gasteiger partial charge >= 0.3 is 30.4 Å². The molecule has 0 aliphatic heterocycles. The Labute approximate surface area is 40.7 Å². The standard InChI is InChI=1S/3FH.H3P.Sb/h3*1H;1H3;/q;;;;+3/p-2. The fraction of sp³-hybridized carbons (Fsp3) is 0. The van der Waals surface area contributed by atoms with Gasteiger partial charge in [0, 0.05) is 0 Å². The van der Waals surface area contributed by atoms with Crippen molar-refractivity contribution in [3.05, 3.63) is 0 Å². The normalized spacial score (nSPS) is 7.20. The van der Waals surface area contributed by atoms with Crippen molar-refractivity contribution >= 4 is 31.9 Å². The van der Waals surface area contributed by atoms with Crippen molar-refractivity contribution in [3.63, 3.8) is 0 Å². The average molecular weight is 214 g/mol. The van der Waals surface area contributed by atoms with Gasteiger partial charge in [0.2, 0.25) is 0 Å². The molecule has 34 valence electrons. The Bertz CT molecular complexity index is 11.6. The van der Waals surface area contributed by atoms with E-state index in [9.17, 15) is 8.44 Å². The van der Waals surface area contributed by atoms with E-state index < -0.39 is 22.0 Å². The van der Waals surface area contributed by atoms with Crippen LogP contribution in [0.4, 0.5) is 8.44 Å². The molecule has 0 fully saturated rings. The molecule has 0 saturated heterocycles. The van der Waals surface area contributed by atoms with E-state index in [1.807, 2.05) is 0 Å². The van der Waals surface area contributed by atoms with Crippen LogP contribution in [0.5, 0.6) is 0 Å². The molecule has 5 heteroatoms. The fourth-order valence-corrected chi connectivity index (χ4v) is 0. The van der Waals surface area contributed by atoms with Gasteiger partial charge in [-0.3, -0.25) is 0 Å². The summed E-state index contributed by atoms with van der Waals surface area (Å²) >= 11 is -4.95. The quantitative estimate of drug-likeness (QED) is 0.410. The summed E-state index contributed by atoms with van der Waals surface area (Å²) in [6.07, 6.45) is 0. The van der Waals surface area contributed by atoms with Gasteiger partial charge in [0.1, 0.15) is 0 Å². The zero-order chi connectivity index (χ0) is 3.58. The van der Waals surface area contributed by atoms with Crippen LogP contribution in [0.15, 0.2) is 0 Å². The molecule has 0 saturated carbocycles. The van der Waals surface area contributed by atoms with E-state index >= 15 is 0 Å². The molecule has 0 aliphatic rings. The van der Waals surface area contributed by atoms with Crippen molar-refractivity contribution in [1.82, 2.24) is 0 Å². The van der Waals surface area contributed by atoms with E-state index in [-0.39, 0.29) is 9.90 Å². The summed E-state index contributed by atoms with van der Waals surface area (Å²) in [4.78, 5) is 0. The first-order chi connectivity index (χ1) is 1.73. The maximum absolute atomic E-state index is 9.85. The number of rotatable bonds is 0. The van der Waals surface area contributed by atoms with Gasteiger partial charge in [-0.25, -0.2) is 0 Å². The van der Waals surface area contributed by atoms with Gasteiger partial charge in [0.25, 0.3) is 0 Å². The minimum atomic E-state index is -4.95. The van der Waals surface area contributed by atoms with E-state index in [1.54, 1.807) is 0 Å². The Morgan fingerprint density at radius 1 is 1.00 bits per heavy atom. The van der Waals surface area contributed by atoms with Crippen molar-refractivity contribution in [2.24, 2.45) is 0 Å². The molecule has 0 aliphatic carbocycles. The summed E-state index contributed by atoms with van der Waals surface area (Å²) < 4.78 is 29.6. The van der Waals surface area contributed by atoms with Crippen LogP contribution in [0, 0.1) is 0 Å². The molecule has 0 nitrogen and oxygen atoms in total.